The maximum Gasteiger partial charge on any atom is 0.160 e. The molecule has 0 bridgehead atoms. The largest absolute Gasteiger partial charge is 0.228 e. The summed E-state index contributed by atoms with van der Waals surface area (Å²) in [6.45, 7) is 4.68. The van der Waals surface area contributed by atoms with Gasteiger partial charge in [0.15, 0.2) is 5.82 Å². The van der Waals surface area contributed by atoms with Crippen LogP contribution in [0.5, 0.6) is 0 Å². The van der Waals surface area contributed by atoms with E-state index in [0.717, 1.165) is 39.2 Å². The van der Waals surface area contributed by atoms with E-state index in [-0.39, 0.29) is 5.41 Å². The molecule has 2 nitrogen and oxygen atoms in total. The van der Waals surface area contributed by atoms with Crippen LogP contribution in [0.1, 0.15) is 25.0 Å². The molecular formula is C53H36N2S. The smallest absolute Gasteiger partial charge is 0.160 e. The Hall–Kier alpha value is -6.68. The second-order valence-electron chi connectivity index (χ2n) is 15.4. The van der Waals surface area contributed by atoms with Crippen molar-refractivity contribution >= 4 is 42.3 Å². The molecule has 10 aromatic rings. The Morgan fingerprint density at radius 3 is 1.89 bits per heavy atom. The standard InChI is InChI=1S/C53H36N2S/c1-53(2)45-23-12-11-20-41(45)42-21-13-22-43(51(42)53)47-32-46(54-52(55-47)35-17-7-4-8-18-35)39-29-37(33-14-5-3-6-15-33)28-38(30-39)36-25-26-48-44(31-36)50-40-19-10-9-16-34(40)24-27-49(50)56-48/h3-32H,1-2H3. The lowest BCUT2D eigenvalue weighted by Gasteiger charge is -2.24. The van der Waals surface area contributed by atoms with Crippen molar-refractivity contribution in [3.05, 3.63) is 193 Å². The molecule has 0 spiro atoms. The van der Waals surface area contributed by atoms with E-state index in [1.165, 1.54) is 64.3 Å². The molecule has 1 aliphatic carbocycles. The van der Waals surface area contributed by atoms with Crippen molar-refractivity contribution in [1.82, 2.24) is 9.97 Å². The lowest BCUT2D eigenvalue weighted by Crippen LogP contribution is -2.16. The summed E-state index contributed by atoms with van der Waals surface area (Å²) in [5.41, 5.74) is 14.7. The summed E-state index contributed by atoms with van der Waals surface area (Å²) in [6.07, 6.45) is 0. The van der Waals surface area contributed by atoms with Crippen LogP contribution in [0.2, 0.25) is 0 Å². The van der Waals surface area contributed by atoms with E-state index in [0.29, 0.717) is 5.82 Å². The van der Waals surface area contributed by atoms with Gasteiger partial charge in [-0.2, -0.15) is 0 Å². The van der Waals surface area contributed by atoms with Gasteiger partial charge in [0.2, 0.25) is 0 Å². The van der Waals surface area contributed by atoms with Crippen LogP contribution in [0.25, 0.3) is 98.2 Å². The second kappa shape index (κ2) is 12.7. The molecule has 0 saturated heterocycles. The van der Waals surface area contributed by atoms with Crippen molar-refractivity contribution in [2.75, 3.05) is 0 Å². The predicted molar refractivity (Wildman–Crippen MR) is 237 cm³/mol. The maximum atomic E-state index is 5.35. The first-order chi connectivity index (χ1) is 27.5. The zero-order valence-electron chi connectivity index (χ0n) is 31.1. The summed E-state index contributed by atoms with van der Waals surface area (Å²) in [4.78, 5) is 10.7. The van der Waals surface area contributed by atoms with Crippen LogP contribution in [0.4, 0.5) is 0 Å². The second-order valence-corrected chi connectivity index (χ2v) is 16.4. The Kier molecular flexibility index (Phi) is 7.42. The summed E-state index contributed by atoms with van der Waals surface area (Å²) >= 11 is 1.87. The van der Waals surface area contributed by atoms with Crippen LogP contribution in [0.3, 0.4) is 0 Å². The van der Waals surface area contributed by atoms with Crippen LogP contribution >= 0.6 is 11.3 Å². The van der Waals surface area contributed by atoms with Gasteiger partial charge in [0.25, 0.3) is 0 Å². The average Bonchev–Trinajstić information content (AvgIpc) is 3.76. The molecule has 2 aromatic heterocycles. The lowest BCUT2D eigenvalue weighted by molar-refractivity contribution is 0.662. The van der Waals surface area contributed by atoms with Gasteiger partial charge in [-0.15, -0.1) is 11.3 Å². The van der Waals surface area contributed by atoms with Gasteiger partial charge in [-0.3, -0.25) is 0 Å². The van der Waals surface area contributed by atoms with Crippen molar-refractivity contribution in [3.63, 3.8) is 0 Å². The molecule has 0 aliphatic heterocycles. The Morgan fingerprint density at radius 2 is 1.05 bits per heavy atom. The minimum absolute atomic E-state index is 0.184. The van der Waals surface area contributed by atoms with Crippen molar-refractivity contribution in [2.24, 2.45) is 0 Å². The number of fused-ring (bicyclic) bond motifs is 8. The molecule has 0 amide bonds. The van der Waals surface area contributed by atoms with Crippen LogP contribution in [0, 0.1) is 0 Å². The van der Waals surface area contributed by atoms with E-state index in [9.17, 15) is 0 Å². The van der Waals surface area contributed by atoms with Gasteiger partial charge in [-0.25, -0.2) is 9.97 Å². The number of nitrogens with zero attached hydrogens (tertiary/aromatic N) is 2. The van der Waals surface area contributed by atoms with Gasteiger partial charge < -0.3 is 0 Å². The van der Waals surface area contributed by atoms with Crippen molar-refractivity contribution in [2.45, 2.75) is 19.3 Å². The summed E-state index contributed by atoms with van der Waals surface area (Å²) in [7, 11) is 0. The quantitative estimate of drug-likeness (QED) is 0.176. The van der Waals surface area contributed by atoms with Crippen molar-refractivity contribution < 1.29 is 0 Å². The first kappa shape index (κ1) is 32.7. The fourth-order valence-corrected chi connectivity index (χ4v) is 10.1. The first-order valence-corrected chi connectivity index (χ1v) is 20.0. The molecule has 11 rings (SSSR count). The topological polar surface area (TPSA) is 25.8 Å². The van der Waals surface area contributed by atoms with Gasteiger partial charge in [-0.1, -0.05) is 153 Å². The van der Waals surface area contributed by atoms with Crippen LogP contribution in [-0.4, -0.2) is 9.97 Å². The number of rotatable bonds is 5. The normalized spacial score (nSPS) is 13.0. The highest BCUT2D eigenvalue weighted by Gasteiger charge is 2.37. The highest BCUT2D eigenvalue weighted by atomic mass is 32.1. The Labute approximate surface area is 330 Å². The summed E-state index contributed by atoms with van der Waals surface area (Å²) in [5, 5.41) is 5.19. The molecule has 8 aromatic carbocycles. The van der Waals surface area contributed by atoms with Crippen molar-refractivity contribution in [3.8, 4) is 67.3 Å². The van der Waals surface area contributed by atoms with Crippen LogP contribution in [0.15, 0.2) is 182 Å². The van der Waals surface area contributed by atoms with E-state index >= 15 is 0 Å². The van der Waals surface area contributed by atoms with Gasteiger partial charge in [0.05, 0.1) is 11.4 Å². The molecule has 264 valence electrons. The molecule has 2 heterocycles. The zero-order valence-corrected chi connectivity index (χ0v) is 31.9. The fraction of sp³-hybridized carbons (Fsp3) is 0.0566. The molecule has 0 unspecified atom stereocenters. The van der Waals surface area contributed by atoms with Crippen LogP contribution < -0.4 is 0 Å². The van der Waals surface area contributed by atoms with Gasteiger partial charge in [0.1, 0.15) is 0 Å². The minimum atomic E-state index is -0.184. The molecule has 0 saturated carbocycles. The molecule has 0 atom stereocenters. The van der Waals surface area contributed by atoms with Crippen molar-refractivity contribution in [1.29, 1.82) is 0 Å². The maximum absolute atomic E-state index is 5.35. The Morgan fingerprint density at radius 1 is 0.411 bits per heavy atom. The molecule has 0 fully saturated rings. The van der Waals surface area contributed by atoms with E-state index in [2.05, 4.69) is 190 Å². The average molecular weight is 733 g/mol. The highest BCUT2D eigenvalue weighted by molar-refractivity contribution is 7.26. The zero-order chi connectivity index (χ0) is 37.4. The number of aromatic nitrogens is 2. The predicted octanol–water partition coefficient (Wildman–Crippen LogP) is 14.6. The van der Waals surface area contributed by atoms with E-state index in [1.807, 2.05) is 17.4 Å². The SMILES string of the molecule is CC1(C)c2ccccc2-c2cccc(-c3cc(-c4cc(-c5ccccc5)cc(-c5ccc6sc7ccc8ccccc8c7c6c5)c4)nc(-c4ccccc4)n3)c21. The molecule has 1 aliphatic rings. The van der Waals surface area contributed by atoms with E-state index in [1.54, 1.807) is 0 Å². The monoisotopic (exact) mass is 732 g/mol. The number of hydrogen-bond acceptors (Lipinski definition) is 3. The Bertz CT molecular complexity index is 3160. The van der Waals surface area contributed by atoms with Gasteiger partial charge in [-0.05, 0) is 97.7 Å². The van der Waals surface area contributed by atoms with Crippen LogP contribution in [-0.2, 0) is 5.41 Å². The molecule has 0 N–H and O–H groups in total. The first-order valence-electron chi connectivity index (χ1n) is 19.2. The fourth-order valence-electron chi connectivity index (χ4n) is 8.98. The lowest BCUT2D eigenvalue weighted by atomic mass is 9.79. The molecule has 3 heteroatoms. The number of thiophene rings is 1. The number of benzene rings is 8. The summed E-state index contributed by atoms with van der Waals surface area (Å²) < 4.78 is 2.61. The van der Waals surface area contributed by atoms with Gasteiger partial charge in [0, 0.05) is 42.3 Å². The minimum Gasteiger partial charge on any atom is -0.228 e. The molecular weight excluding hydrogens is 697 g/mol. The third-order valence-electron chi connectivity index (χ3n) is 11.6. The number of hydrogen-bond donors (Lipinski definition) is 0. The summed E-state index contributed by atoms with van der Waals surface area (Å²) in [6, 6.07) is 65.9. The third kappa shape index (κ3) is 5.23. The highest BCUT2D eigenvalue weighted by Crippen LogP contribution is 2.52. The Balaban J connectivity index is 1.14. The molecule has 56 heavy (non-hydrogen) atoms. The van der Waals surface area contributed by atoms with Gasteiger partial charge >= 0.3 is 0 Å². The van der Waals surface area contributed by atoms with E-state index in [4.69, 9.17) is 9.97 Å². The summed E-state index contributed by atoms with van der Waals surface area (Å²) in [5.74, 6) is 0.716. The molecule has 0 radical (unpaired) electrons. The van der Waals surface area contributed by atoms with E-state index < -0.39 is 0 Å². The third-order valence-corrected chi connectivity index (χ3v) is 12.8.